The smallest absolute Gasteiger partial charge is 0.221 e. The van der Waals surface area contributed by atoms with Crippen LogP contribution in [0.1, 0.15) is 45.1 Å². The average molecular weight is 342 g/mol. The van der Waals surface area contributed by atoms with Crippen LogP contribution in [0, 0.1) is 5.41 Å². The molecule has 3 rings (SSSR count). The van der Waals surface area contributed by atoms with E-state index in [9.17, 15) is 4.79 Å². The average Bonchev–Trinajstić information content (AvgIpc) is 3.01. The topological polar surface area (TPSA) is 56.7 Å². The quantitative estimate of drug-likeness (QED) is 0.639. The van der Waals surface area contributed by atoms with Crippen molar-refractivity contribution in [3.8, 4) is 0 Å². The highest BCUT2D eigenvalue weighted by Gasteiger charge is 2.43. The van der Waals surface area contributed by atoms with Crippen LogP contribution >= 0.6 is 0 Å². The van der Waals surface area contributed by atoms with Crippen molar-refractivity contribution in [2.24, 2.45) is 10.4 Å². The standard InChI is InChI=1S/C20H30N4O/c1-3-21-19(24-14-12-20(15-24)10-4-11-20)22-13-9-17-5-7-18(8-6-17)23-16(2)25/h5-8H,3-4,9-15H2,1-2H3,(H,21,22)(H,23,25). The minimum absolute atomic E-state index is 0.0394. The van der Waals surface area contributed by atoms with Crippen LogP contribution in [-0.4, -0.2) is 42.9 Å². The molecular weight excluding hydrogens is 312 g/mol. The third-order valence-electron chi connectivity index (χ3n) is 5.42. The molecule has 0 radical (unpaired) electrons. The van der Waals surface area contributed by atoms with Crippen LogP contribution in [0.5, 0.6) is 0 Å². The van der Waals surface area contributed by atoms with E-state index in [0.717, 1.165) is 37.7 Å². The molecule has 0 aromatic heterocycles. The monoisotopic (exact) mass is 342 g/mol. The van der Waals surface area contributed by atoms with Crippen LogP contribution in [0.25, 0.3) is 0 Å². The number of guanidine groups is 1. The van der Waals surface area contributed by atoms with Gasteiger partial charge in [-0.05, 0) is 55.7 Å². The molecule has 1 amide bonds. The van der Waals surface area contributed by atoms with E-state index in [1.807, 2.05) is 12.1 Å². The Labute approximate surface area is 150 Å². The lowest BCUT2D eigenvalue weighted by Crippen LogP contribution is -2.42. The molecule has 0 atom stereocenters. The number of carbonyl (C=O) groups excluding carboxylic acids is 1. The highest BCUT2D eigenvalue weighted by molar-refractivity contribution is 5.88. The molecule has 0 bridgehead atoms. The number of likely N-dealkylation sites (tertiary alicyclic amines) is 1. The zero-order valence-electron chi connectivity index (χ0n) is 15.5. The van der Waals surface area contributed by atoms with E-state index in [0.29, 0.717) is 5.41 Å². The Bertz CT molecular complexity index is 619. The van der Waals surface area contributed by atoms with Gasteiger partial charge in [-0.3, -0.25) is 9.79 Å². The summed E-state index contributed by atoms with van der Waals surface area (Å²) >= 11 is 0. The van der Waals surface area contributed by atoms with Gasteiger partial charge in [0.05, 0.1) is 0 Å². The third kappa shape index (κ3) is 4.53. The van der Waals surface area contributed by atoms with Gasteiger partial charge >= 0.3 is 0 Å². The van der Waals surface area contributed by atoms with Crippen LogP contribution in [0.4, 0.5) is 5.69 Å². The molecule has 1 aliphatic carbocycles. The number of nitrogens with one attached hydrogen (secondary N) is 2. The lowest BCUT2D eigenvalue weighted by atomic mass is 9.68. The Morgan fingerprint density at radius 1 is 1.24 bits per heavy atom. The molecule has 136 valence electrons. The zero-order chi connectivity index (χ0) is 17.7. The molecule has 2 N–H and O–H groups in total. The maximum atomic E-state index is 11.1. The van der Waals surface area contributed by atoms with Crippen molar-refractivity contribution in [3.63, 3.8) is 0 Å². The minimum Gasteiger partial charge on any atom is -0.357 e. The predicted octanol–water partition coefficient (Wildman–Crippen LogP) is 3.03. The second-order valence-corrected chi connectivity index (χ2v) is 7.39. The number of nitrogens with zero attached hydrogens (tertiary/aromatic N) is 2. The molecule has 1 aromatic carbocycles. The molecule has 1 aromatic rings. The summed E-state index contributed by atoms with van der Waals surface area (Å²) in [6, 6.07) is 8.03. The van der Waals surface area contributed by atoms with E-state index < -0.39 is 0 Å². The molecule has 5 heteroatoms. The fourth-order valence-electron chi connectivity index (χ4n) is 3.88. The van der Waals surface area contributed by atoms with Gasteiger partial charge in [0.25, 0.3) is 0 Å². The summed E-state index contributed by atoms with van der Waals surface area (Å²) < 4.78 is 0. The van der Waals surface area contributed by atoms with E-state index in [-0.39, 0.29) is 5.91 Å². The molecule has 1 saturated carbocycles. The van der Waals surface area contributed by atoms with E-state index in [1.54, 1.807) is 0 Å². The van der Waals surface area contributed by atoms with Gasteiger partial charge in [0.1, 0.15) is 0 Å². The van der Waals surface area contributed by atoms with E-state index in [2.05, 4.69) is 34.6 Å². The van der Waals surface area contributed by atoms with Gasteiger partial charge in [0, 0.05) is 38.8 Å². The highest BCUT2D eigenvalue weighted by Crippen LogP contribution is 2.47. The van der Waals surface area contributed by atoms with Gasteiger partial charge in [0.15, 0.2) is 5.96 Å². The van der Waals surface area contributed by atoms with Crippen molar-refractivity contribution in [2.75, 3.05) is 31.5 Å². The first-order chi connectivity index (χ1) is 12.1. The molecule has 1 heterocycles. The number of hydrogen-bond donors (Lipinski definition) is 2. The lowest BCUT2D eigenvalue weighted by Gasteiger charge is -2.38. The zero-order valence-corrected chi connectivity index (χ0v) is 15.5. The number of carbonyl (C=O) groups is 1. The SMILES string of the molecule is CCNC(=NCCc1ccc(NC(C)=O)cc1)N1CCC2(CCC2)C1. The Morgan fingerprint density at radius 2 is 2.00 bits per heavy atom. The van der Waals surface area contributed by atoms with Crippen LogP contribution in [0.3, 0.4) is 0 Å². The lowest BCUT2D eigenvalue weighted by molar-refractivity contribution is -0.114. The van der Waals surface area contributed by atoms with Crippen molar-refractivity contribution >= 4 is 17.6 Å². The largest absolute Gasteiger partial charge is 0.357 e. The summed E-state index contributed by atoms with van der Waals surface area (Å²) in [5.41, 5.74) is 2.68. The van der Waals surface area contributed by atoms with Gasteiger partial charge in [-0.1, -0.05) is 18.6 Å². The summed E-state index contributed by atoms with van der Waals surface area (Å²) in [4.78, 5) is 18.4. The fraction of sp³-hybridized carbons (Fsp3) is 0.600. The summed E-state index contributed by atoms with van der Waals surface area (Å²) in [6.07, 6.45) is 6.42. The van der Waals surface area contributed by atoms with E-state index in [1.165, 1.54) is 44.7 Å². The van der Waals surface area contributed by atoms with Gasteiger partial charge in [-0.15, -0.1) is 0 Å². The second-order valence-electron chi connectivity index (χ2n) is 7.39. The first-order valence-corrected chi connectivity index (χ1v) is 9.50. The minimum atomic E-state index is -0.0394. The number of amides is 1. The summed E-state index contributed by atoms with van der Waals surface area (Å²) in [7, 11) is 0. The Hall–Kier alpha value is -2.04. The van der Waals surface area contributed by atoms with Gasteiger partial charge in [0.2, 0.25) is 5.91 Å². The van der Waals surface area contributed by atoms with Gasteiger partial charge < -0.3 is 15.5 Å². The van der Waals surface area contributed by atoms with Crippen molar-refractivity contribution in [2.45, 2.75) is 46.0 Å². The van der Waals surface area contributed by atoms with Crippen LogP contribution in [0.2, 0.25) is 0 Å². The van der Waals surface area contributed by atoms with Gasteiger partial charge in [-0.2, -0.15) is 0 Å². The summed E-state index contributed by atoms with van der Waals surface area (Å²) in [6.45, 7) is 7.66. The molecule has 2 fully saturated rings. The van der Waals surface area contributed by atoms with Crippen molar-refractivity contribution in [1.82, 2.24) is 10.2 Å². The summed E-state index contributed by atoms with van der Waals surface area (Å²) in [5, 5.41) is 6.25. The van der Waals surface area contributed by atoms with Crippen molar-refractivity contribution in [3.05, 3.63) is 29.8 Å². The molecule has 25 heavy (non-hydrogen) atoms. The molecule has 2 aliphatic rings. The van der Waals surface area contributed by atoms with Crippen LogP contribution in [-0.2, 0) is 11.2 Å². The Balaban J connectivity index is 1.54. The second kappa shape index (κ2) is 7.89. The number of aliphatic imine (C=N–C) groups is 1. The van der Waals surface area contributed by atoms with E-state index in [4.69, 9.17) is 4.99 Å². The number of anilines is 1. The third-order valence-corrected chi connectivity index (χ3v) is 5.42. The Morgan fingerprint density at radius 3 is 2.56 bits per heavy atom. The molecule has 1 spiro atoms. The van der Waals surface area contributed by atoms with Crippen molar-refractivity contribution in [1.29, 1.82) is 0 Å². The molecule has 0 unspecified atom stereocenters. The first-order valence-electron chi connectivity index (χ1n) is 9.50. The molecular formula is C20H30N4O. The van der Waals surface area contributed by atoms with E-state index >= 15 is 0 Å². The fourth-order valence-corrected chi connectivity index (χ4v) is 3.88. The van der Waals surface area contributed by atoms with Crippen LogP contribution < -0.4 is 10.6 Å². The highest BCUT2D eigenvalue weighted by atomic mass is 16.1. The van der Waals surface area contributed by atoms with Crippen molar-refractivity contribution < 1.29 is 4.79 Å². The van der Waals surface area contributed by atoms with Gasteiger partial charge in [-0.25, -0.2) is 0 Å². The predicted molar refractivity (Wildman–Crippen MR) is 103 cm³/mol. The number of rotatable bonds is 5. The maximum Gasteiger partial charge on any atom is 0.221 e. The number of benzene rings is 1. The Kier molecular flexibility index (Phi) is 5.61. The molecule has 1 aliphatic heterocycles. The molecule has 5 nitrogen and oxygen atoms in total. The summed E-state index contributed by atoms with van der Waals surface area (Å²) in [5.74, 6) is 1.03. The maximum absolute atomic E-state index is 11.1. The first kappa shape index (κ1) is 17.8. The number of hydrogen-bond acceptors (Lipinski definition) is 2. The molecule has 1 saturated heterocycles. The normalized spacial score (nSPS) is 19.0. The van der Waals surface area contributed by atoms with Crippen LogP contribution in [0.15, 0.2) is 29.3 Å².